The highest BCUT2D eigenvalue weighted by atomic mass is 32.2. The van der Waals surface area contributed by atoms with Crippen LogP contribution in [-0.4, -0.2) is 11.9 Å². The minimum absolute atomic E-state index is 0.210. The van der Waals surface area contributed by atoms with Crippen molar-refractivity contribution in [3.63, 3.8) is 0 Å². The first-order valence-electron chi connectivity index (χ1n) is 6.21. The first kappa shape index (κ1) is 14.4. The highest BCUT2D eigenvalue weighted by Gasteiger charge is 2.13. The first-order chi connectivity index (χ1) is 8.10. The predicted molar refractivity (Wildman–Crippen MR) is 75.7 cm³/mol. The third kappa shape index (κ3) is 3.93. The van der Waals surface area contributed by atoms with E-state index in [0.29, 0.717) is 12.5 Å². The van der Waals surface area contributed by atoms with Crippen LogP contribution in [0.2, 0.25) is 0 Å². The molecular weight excluding hydrogens is 230 g/mol. The molecule has 0 amide bonds. The largest absolute Gasteiger partial charge is 0.490 e. The maximum atomic E-state index is 5.99. The Morgan fingerprint density at radius 2 is 2.00 bits per heavy atom. The standard InChI is InChI=1S/C14H23NOS/c1-5-17-14-8-6-7-13(12(14)9-15)16-11(4)10(2)3/h6-8,10-11H,5,9,15H2,1-4H3. The molecule has 96 valence electrons. The van der Waals surface area contributed by atoms with Crippen molar-refractivity contribution >= 4 is 11.8 Å². The highest BCUT2D eigenvalue weighted by Crippen LogP contribution is 2.30. The minimum atomic E-state index is 0.210. The summed E-state index contributed by atoms with van der Waals surface area (Å²) in [6.45, 7) is 9.11. The number of nitrogens with two attached hydrogens (primary N) is 1. The first-order valence-corrected chi connectivity index (χ1v) is 7.20. The van der Waals surface area contributed by atoms with E-state index in [0.717, 1.165) is 17.1 Å². The second kappa shape index (κ2) is 6.92. The normalized spacial score (nSPS) is 12.8. The van der Waals surface area contributed by atoms with Gasteiger partial charge in [-0.25, -0.2) is 0 Å². The van der Waals surface area contributed by atoms with Crippen molar-refractivity contribution in [1.29, 1.82) is 0 Å². The van der Waals surface area contributed by atoms with Crippen molar-refractivity contribution in [2.45, 2.75) is 45.2 Å². The number of hydrogen-bond donors (Lipinski definition) is 1. The van der Waals surface area contributed by atoms with E-state index < -0.39 is 0 Å². The van der Waals surface area contributed by atoms with Crippen LogP contribution in [0.1, 0.15) is 33.3 Å². The number of rotatable bonds is 6. The molecule has 0 saturated carbocycles. The lowest BCUT2D eigenvalue weighted by Gasteiger charge is -2.21. The molecule has 17 heavy (non-hydrogen) atoms. The number of ether oxygens (including phenoxy) is 1. The lowest BCUT2D eigenvalue weighted by Crippen LogP contribution is -2.20. The summed E-state index contributed by atoms with van der Waals surface area (Å²) in [6, 6.07) is 6.17. The molecule has 1 aromatic rings. The smallest absolute Gasteiger partial charge is 0.125 e. The molecule has 1 atom stereocenters. The van der Waals surface area contributed by atoms with Crippen molar-refractivity contribution in [1.82, 2.24) is 0 Å². The summed E-state index contributed by atoms with van der Waals surface area (Å²) in [5.74, 6) is 2.49. The quantitative estimate of drug-likeness (QED) is 0.785. The Hall–Kier alpha value is -0.670. The van der Waals surface area contributed by atoms with E-state index in [-0.39, 0.29) is 6.10 Å². The van der Waals surface area contributed by atoms with Gasteiger partial charge < -0.3 is 10.5 Å². The number of hydrogen-bond acceptors (Lipinski definition) is 3. The molecule has 0 aliphatic heterocycles. The van der Waals surface area contributed by atoms with Gasteiger partial charge in [0.25, 0.3) is 0 Å². The van der Waals surface area contributed by atoms with Crippen molar-refractivity contribution in [3.05, 3.63) is 23.8 Å². The van der Waals surface area contributed by atoms with Gasteiger partial charge in [-0.3, -0.25) is 0 Å². The molecule has 0 aromatic heterocycles. The fourth-order valence-corrected chi connectivity index (χ4v) is 2.33. The van der Waals surface area contributed by atoms with Gasteiger partial charge in [0.2, 0.25) is 0 Å². The molecule has 0 radical (unpaired) electrons. The van der Waals surface area contributed by atoms with Crippen LogP contribution in [0.5, 0.6) is 5.75 Å². The third-order valence-corrected chi connectivity index (χ3v) is 3.83. The van der Waals surface area contributed by atoms with Gasteiger partial charge in [-0.2, -0.15) is 0 Å². The number of benzene rings is 1. The fraction of sp³-hybridized carbons (Fsp3) is 0.571. The fourth-order valence-electron chi connectivity index (χ4n) is 1.48. The van der Waals surface area contributed by atoms with Gasteiger partial charge in [-0.05, 0) is 30.7 Å². The van der Waals surface area contributed by atoms with Crippen LogP contribution in [0.15, 0.2) is 23.1 Å². The summed E-state index contributed by atoms with van der Waals surface area (Å²) >= 11 is 1.82. The van der Waals surface area contributed by atoms with Crippen molar-refractivity contribution in [3.8, 4) is 5.75 Å². The molecule has 2 nitrogen and oxygen atoms in total. The molecule has 0 heterocycles. The van der Waals surface area contributed by atoms with E-state index in [1.807, 2.05) is 23.9 Å². The molecule has 3 heteroatoms. The Labute approximate surface area is 109 Å². The molecule has 0 aliphatic rings. The Balaban J connectivity index is 2.94. The average molecular weight is 253 g/mol. The topological polar surface area (TPSA) is 35.2 Å². The lowest BCUT2D eigenvalue weighted by atomic mass is 10.1. The van der Waals surface area contributed by atoms with Crippen LogP contribution in [0.25, 0.3) is 0 Å². The van der Waals surface area contributed by atoms with Crippen LogP contribution < -0.4 is 10.5 Å². The monoisotopic (exact) mass is 253 g/mol. The molecular formula is C14H23NOS. The SMILES string of the molecule is CCSc1cccc(OC(C)C(C)C)c1CN. The Morgan fingerprint density at radius 3 is 2.53 bits per heavy atom. The Bertz CT molecular complexity index is 352. The van der Waals surface area contributed by atoms with E-state index in [1.54, 1.807) is 0 Å². The van der Waals surface area contributed by atoms with Crippen LogP contribution in [0.4, 0.5) is 0 Å². The summed E-state index contributed by atoms with van der Waals surface area (Å²) in [5.41, 5.74) is 6.97. The number of thioether (sulfide) groups is 1. The molecule has 0 bridgehead atoms. The van der Waals surface area contributed by atoms with E-state index in [1.165, 1.54) is 4.90 Å². The lowest BCUT2D eigenvalue weighted by molar-refractivity contribution is 0.168. The summed E-state index contributed by atoms with van der Waals surface area (Å²) in [4.78, 5) is 1.24. The highest BCUT2D eigenvalue weighted by molar-refractivity contribution is 7.99. The van der Waals surface area contributed by atoms with Gasteiger partial charge in [0.05, 0.1) is 6.10 Å². The van der Waals surface area contributed by atoms with E-state index >= 15 is 0 Å². The Morgan fingerprint density at radius 1 is 1.29 bits per heavy atom. The van der Waals surface area contributed by atoms with Crippen molar-refractivity contribution in [2.75, 3.05) is 5.75 Å². The van der Waals surface area contributed by atoms with Crippen molar-refractivity contribution in [2.24, 2.45) is 11.7 Å². The zero-order valence-electron chi connectivity index (χ0n) is 11.2. The van der Waals surface area contributed by atoms with Crippen LogP contribution in [0, 0.1) is 5.92 Å². The molecule has 1 aromatic carbocycles. The second-order valence-corrected chi connectivity index (χ2v) is 5.74. The molecule has 1 rings (SSSR count). The second-order valence-electron chi connectivity index (χ2n) is 4.44. The van der Waals surface area contributed by atoms with E-state index in [2.05, 4.69) is 33.8 Å². The molecule has 0 spiro atoms. The summed E-state index contributed by atoms with van der Waals surface area (Å²) in [7, 11) is 0. The van der Waals surface area contributed by atoms with Gasteiger partial charge in [0.1, 0.15) is 5.75 Å². The molecule has 0 fully saturated rings. The van der Waals surface area contributed by atoms with Crippen LogP contribution in [0.3, 0.4) is 0 Å². The van der Waals surface area contributed by atoms with E-state index in [9.17, 15) is 0 Å². The van der Waals surface area contributed by atoms with Crippen molar-refractivity contribution < 1.29 is 4.74 Å². The van der Waals surface area contributed by atoms with Crippen LogP contribution >= 0.6 is 11.8 Å². The molecule has 0 saturated heterocycles. The van der Waals surface area contributed by atoms with Gasteiger partial charge in [0, 0.05) is 17.0 Å². The van der Waals surface area contributed by atoms with Gasteiger partial charge in [-0.1, -0.05) is 26.8 Å². The third-order valence-electron chi connectivity index (χ3n) is 2.85. The van der Waals surface area contributed by atoms with Gasteiger partial charge in [-0.15, -0.1) is 11.8 Å². The summed E-state index contributed by atoms with van der Waals surface area (Å²) < 4.78 is 5.99. The molecule has 0 aliphatic carbocycles. The molecule has 1 unspecified atom stereocenters. The summed E-state index contributed by atoms with van der Waals surface area (Å²) in [6.07, 6.45) is 0.210. The predicted octanol–water partition coefficient (Wildman–Crippen LogP) is 3.68. The molecule has 2 N–H and O–H groups in total. The van der Waals surface area contributed by atoms with Crippen LogP contribution in [-0.2, 0) is 6.54 Å². The zero-order chi connectivity index (χ0) is 12.8. The maximum Gasteiger partial charge on any atom is 0.125 e. The summed E-state index contributed by atoms with van der Waals surface area (Å²) in [5, 5.41) is 0. The van der Waals surface area contributed by atoms with Gasteiger partial charge >= 0.3 is 0 Å². The average Bonchev–Trinajstić information content (AvgIpc) is 2.29. The van der Waals surface area contributed by atoms with Gasteiger partial charge in [0.15, 0.2) is 0 Å². The zero-order valence-corrected chi connectivity index (χ0v) is 12.0. The maximum absolute atomic E-state index is 5.99. The minimum Gasteiger partial charge on any atom is -0.490 e. The Kier molecular flexibility index (Phi) is 5.86. The van der Waals surface area contributed by atoms with E-state index in [4.69, 9.17) is 10.5 Å².